The zero-order valence-electron chi connectivity index (χ0n) is 27.7. The van der Waals surface area contributed by atoms with Gasteiger partial charge >= 0.3 is 18.2 Å². The van der Waals surface area contributed by atoms with Crippen molar-refractivity contribution in [2.75, 3.05) is 35.3 Å². The number of urea groups is 1. The first-order valence-corrected chi connectivity index (χ1v) is 16.7. The molecule has 0 radical (unpaired) electrons. The van der Waals surface area contributed by atoms with Crippen LogP contribution in [0.25, 0.3) is 11.1 Å². The highest BCUT2D eigenvalue weighted by molar-refractivity contribution is 5.91. The number of hydrogen-bond acceptors (Lipinski definition) is 10. The number of pyridine rings is 1. The van der Waals surface area contributed by atoms with Gasteiger partial charge in [0.25, 0.3) is 0 Å². The molecule has 1 unspecified atom stereocenters. The average molecular weight is 692 g/mol. The number of rotatable bonds is 9. The van der Waals surface area contributed by atoms with Gasteiger partial charge < -0.3 is 25.4 Å². The number of anilines is 3. The fourth-order valence-electron chi connectivity index (χ4n) is 6.42. The van der Waals surface area contributed by atoms with Gasteiger partial charge in [0.15, 0.2) is 0 Å². The lowest BCUT2D eigenvalue weighted by atomic mass is 9.90. The van der Waals surface area contributed by atoms with Crippen LogP contribution >= 0.6 is 0 Å². The van der Waals surface area contributed by atoms with Crippen LogP contribution in [0.1, 0.15) is 56.1 Å². The summed E-state index contributed by atoms with van der Waals surface area (Å²) in [6, 6.07) is 13.0. The van der Waals surface area contributed by atoms with Gasteiger partial charge in [0.05, 0.1) is 13.2 Å². The molecule has 15 heteroatoms. The number of hydrogen-bond donors (Lipinski definition) is 3. The molecule has 2 aliphatic rings. The molecule has 1 atom stereocenters. The summed E-state index contributed by atoms with van der Waals surface area (Å²) in [7, 11) is 1.50. The number of ether oxygens (including phenoxy) is 1. The van der Waals surface area contributed by atoms with E-state index in [1.54, 1.807) is 34.5 Å². The van der Waals surface area contributed by atoms with E-state index in [2.05, 4.69) is 35.6 Å². The molecular weight excluding hydrogens is 651 g/mol. The van der Waals surface area contributed by atoms with Crippen LogP contribution in [0.3, 0.4) is 0 Å². The van der Waals surface area contributed by atoms with Crippen LogP contribution in [0, 0.1) is 0 Å². The zero-order valence-corrected chi connectivity index (χ0v) is 27.7. The molecule has 1 aliphatic carbocycles. The van der Waals surface area contributed by atoms with E-state index < -0.39 is 17.8 Å². The molecule has 12 nitrogen and oxygen atoms in total. The molecule has 0 bridgehead atoms. The third kappa shape index (κ3) is 8.56. The molecule has 2 fully saturated rings. The van der Waals surface area contributed by atoms with Crippen LogP contribution in [-0.2, 0) is 12.7 Å². The van der Waals surface area contributed by atoms with Crippen molar-refractivity contribution in [3.05, 3.63) is 78.4 Å². The molecule has 4 aromatic rings. The van der Waals surface area contributed by atoms with Crippen molar-refractivity contribution in [3.8, 4) is 17.1 Å². The lowest BCUT2D eigenvalue weighted by Crippen LogP contribution is -2.49. The van der Waals surface area contributed by atoms with Crippen LogP contribution in [0.5, 0.6) is 6.01 Å². The largest absolute Gasteiger partial charge is 0.467 e. The fourth-order valence-corrected chi connectivity index (χ4v) is 6.42. The summed E-state index contributed by atoms with van der Waals surface area (Å²) in [5.41, 5.74) is 1.60. The lowest BCUT2D eigenvalue weighted by Gasteiger charge is -2.36. The standard InChI is InChI=1S/C35H40F3N9O3/c1-50-33-41-20-25(21-42-33)24-9-14-30(39-19-24)47(34(49)43-18-23-6-3-2-4-7-23)27-12-10-26(11-13-27)44-32-40-22-29(35(36,37)38)31(45-32)46-16-5-8-28(48)15-17-46/h2-4,6-7,9,14,19-22,26-28,48H,5,8,10-13,15-18H2,1H3,(H,43,49)(H,40,44,45). The normalized spacial score (nSPS) is 19.7. The van der Waals surface area contributed by atoms with Crippen LogP contribution in [-0.4, -0.2) is 74.4 Å². The Balaban J connectivity index is 1.16. The summed E-state index contributed by atoms with van der Waals surface area (Å²) in [5.74, 6) is 0.441. The van der Waals surface area contributed by atoms with E-state index >= 15 is 0 Å². The highest BCUT2D eigenvalue weighted by Gasteiger charge is 2.38. The second-order valence-corrected chi connectivity index (χ2v) is 12.5. The number of halogens is 3. The van der Waals surface area contributed by atoms with Crippen LogP contribution in [0.15, 0.2) is 67.3 Å². The molecule has 3 N–H and O–H groups in total. The van der Waals surface area contributed by atoms with E-state index in [0.29, 0.717) is 63.9 Å². The first-order valence-electron chi connectivity index (χ1n) is 16.7. The molecular formula is C35H40F3N9O3. The maximum absolute atomic E-state index is 14.0. The minimum absolute atomic E-state index is 0.110. The number of carbonyl (C=O) groups is 1. The Labute approximate surface area is 288 Å². The summed E-state index contributed by atoms with van der Waals surface area (Å²) in [5, 5.41) is 16.3. The maximum atomic E-state index is 14.0. The predicted molar refractivity (Wildman–Crippen MR) is 182 cm³/mol. The van der Waals surface area contributed by atoms with E-state index in [-0.39, 0.29) is 42.4 Å². The van der Waals surface area contributed by atoms with E-state index in [0.717, 1.165) is 22.9 Å². The lowest BCUT2D eigenvalue weighted by molar-refractivity contribution is -0.137. The number of aliphatic hydroxyl groups is 1. The molecule has 6 rings (SSSR count). The van der Waals surface area contributed by atoms with Gasteiger partial charge in [-0.1, -0.05) is 30.3 Å². The van der Waals surface area contributed by atoms with Crippen molar-refractivity contribution in [2.24, 2.45) is 0 Å². The fraction of sp³-hybridized carbons (Fsp3) is 0.429. The van der Waals surface area contributed by atoms with E-state index in [4.69, 9.17) is 4.74 Å². The van der Waals surface area contributed by atoms with E-state index in [9.17, 15) is 23.1 Å². The number of aromatic nitrogens is 5. The summed E-state index contributed by atoms with van der Waals surface area (Å²) >= 11 is 0. The van der Waals surface area contributed by atoms with Gasteiger partial charge in [-0.15, -0.1) is 0 Å². The van der Waals surface area contributed by atoms with Crippen LogP contribution in [0.4, 0.5) is 35.5 Å². The summed E-state index contributed by atoms with van der Waals surface area (Å²) in [6.45, 7) is 0.988. The molecule has 264 valence electrons. The monoisotopic (exact) mass is 691 g/mol. The number of aliphatic hydroxyl groups excluding tert-OH is 1. The van der Waals surface area contributed by atoms with Crippen molar-refractivity contribution < 1.29 is 27.8 Å². The third-order valence-electron chi connectivity index (χ3n) is 9.11. The van der Waals surface area contributed by atoms with Gasteiger partial charge in [-0.05, 0) is 62.6 Å². The van der Waals surface area contributed by atoms with Crippen LogP contribution in [0.2, 0.25) is 0 Å². The van der Waals surface area contributed by atoms with Crippen molar-refractivity contribution in [1.29, 1.82) is 0 Å². The number of nitrogens with one attached hydrogen (secondary N) is 2. The van der Waals surface area contributed by atoms with Gasteiger partial charge in [-0.3, -0.25) is 4.90 Å². The molecule has 1 saturated carbocycles. The third-order valence-corrected chi connectivity index (χ3v) is 9.11. The summed E-state index contributed by atoms with van der Waals surface area (Å²) < 4.78 is 46.9. The molecule has 1 saturated heterocycles. The van der Waals surface area contributed by atoms with Crippen LogP contribution < -0.4 is 25.2 Å². The molecule has 0 spiro atoms. The average Bonchev–Trinajstić information content (AvgIpc) is 3.36. The molecule has 3 aromatic heterocycles. The van der Waals surface area contributed by atoms with Crippen molar-refractivity contribution in [1.82, 2.24) is 30.2 Å². The SMILES string of the molecule is COc1ncc(-c2ccc(N(C(=O)NCc3ccccc3)C3CCC(Nc4ncc(C(F)(F)F)c(N5CCCC(O)CC5)n4)CC3)nc2)cn1. The van der Waals surface area contributed by atoms with Gasteiger partial charge in [-0.25, -0.2) is 24.7 Å². The topological polar surface area (TPSA) is 142 Å². The molecule has 2 amide bonds. The predicted octanol–water partition coefficient (Wildman–Crippen LogP) is 5.85. The summed E-state index contributed by atoms with van der Waals surface area (Å²) in [6.07, 6.45) is 4.60. The number of nitrogens with zero attached hydrogens (tertiary/aromatic N) is 7. The Morgan fingerprint density at radius 1 is 0.920 bits per heavy atom. The maximum Gasteiger partial charge on any atom is 0.421 e. The quantitative estimate of drug-likeness (QED) is 0.196. The Bertz CT molecular complexity index is 1710. The van der Waals surface area contributed by atoms with Crippen molar-refractivity contribution in [3.63, 3.8) is 0 Å². The Morgan fingerprint density at radius 2 is 1.66 bits per heavy atom. The Morgan fingerprint density at radius 3 is 2.34 bits per heavy atom. The Kier molecular flexibility index (Phi) is 10.9. The molecule has 50 heavy (non-hydrogen) atoms. The number of carbonyl (C=O) groups excluding carboxylic acids is 1. The van der Waals surface area contributed by atoms with Gasteiger partial charge in [0.2, 0.25) is 5.95 Å². The van der Waals surface area contributed by atoms with E-state index in [1.807, 2.05) is 36.4 Å². The van der Waals surface area contributed by atoms with Gasteiger partial charge in [0.1, 0.15) is 17.2 Å². The van der Waals surface area contributed by atoms with Gasteiger partial charge in [-0.2, -0.15) is 18.2 Å². The number of benzene rings is 1. The molecule has 1 aliphatic heterocycles. The van der Waals surface area contributed by atoms with E-state index in [1.165, 1.54) is 7.11 Å². The highest BCUT2D eigenvalue weighted by Crippen LogP contribution is 2.37. The number of alkyl halides is 3. The number of methoxy groups -OCH3 is 1. The zero-order chi connectivity index (χ0) is 35.1. The second kappa shape index (κ2) is 15.7. The van der Waals surface area contributed by atoms with Gasteiger partial charge in [0, 0.05) is 67.6 Å². The summed E-state index contributed by atoms with van der Waals surface area (Å²) in [4.78, 5) is 38.4. The molecule has 1 aromatic carbocycles. The molecule has 4 heterocycles. The number of amides is 2. The second-order valence-electron chi connectivity index (χ2n) is 12.5. The minimum atomic E-state index is -4.62. The van der Waals surface area contributed by atoms with Crippen molar-refractivity contribution in [2.45, 2.75) is 75.9 Å². The first-order chi connectivity index (χ1) is 24.2. The Hall–Kier alpha value is -5.05. The minimum Gasteiger partial charge on any atom is -0.467 e. The van der Waals surface area contributed by atoms with Crippen molar-refractivity contribution >= 4 is 23.6 Å². The smallest absolute Gasteiger partial charge is 0.421 e. The highest BCUT2D eigenvalue weighted by atomic mass is 19.4. The first kappa shape index (κ1) is 34.8.